The standard InChI is InChI=1S/C21H20N4O/c1-12-9-13(2)19-15(7-8-23-19)18(12)21(3,26-4)20-24-16-6-5-14(11-22)10-17(16)25-20/h5-10,23H,1-4H3,(H,24,25). The van der Waals surface area contributed by atoms with Crippen molar-refractivity contribution in [2.75, 3.05) is 7.11 Å². The lowest BCUT2D eigenvalue weighted by Gasteiger charge is -2.29. The van der Waals surface area contributed by atoms with Crippen LogP contribution >= 0.6 is 0 Å². The third kappa shape index (κ3) is 2.23. The minimum absolute atomic E-state index is 0.603. The quantitative estimate of drug-likeness (QED) is 0.576. The molecule has 5 heteroatoms. The second-order valence-electron chi connectivity index (χ2n) is 6.82. The van der Waals surface area contributed by atoms with Crippen LogP contribution in [0.2, 0.25) is 0 Å². The van der Waals surface area contributed by atoms with Crippen LogP contribution in [0.5, 0.6) is 0 Å². The van der Waals surface area contributed by atoms with E-state index in [1.165, 1.54) is 5.56 Å². The van der Waals surface area contributed by atoms with Gasteiger partial charge in [0.15, 0.2) is 0 Å². The number of nitrogens with one attached hydrogen (secondary N) is 2. The van der Waals surface area contributed by atoms with Gasteiger partial charge in [-0.2, -0.15) is 5.26 Å². The van der Waals surface area contributed by atoms with Crippen LogP contribution in [-0.2, 0) is 10.3 Å². The lowest BCUT2D eigenvalue weighted by Crippen LogP contribution is -2.29. The zero-order valence-electron chi connectivity index (χ0n) is 15.3. The highest BCUT2D eigenvalue weighted by Crippen LogP contribution is 2.39. The molecule has 4 rings (SSSR count). The van der Waals surface area contributed by atoms with Gasteiger partial charge in [-0.25, -0.2) is 4.98 Å². The summed E-state index contributed by atoms with van der Waals surface area (Å²) in [6.07, 6.45) is 1.95. The molecule has 0 amide bonds. The van der Waals surface area contributed by atoms with E-state index in [1.807, 2.05) is 25.3 Å². The molecule has 0 aliphatic heterocycles. The number of fused-ring (bicyclic) bond motifs is 2. The summed E-state index contributed by atoms with van der Waals surface area (Å²) in [6, 6.07) is 11.9. The first kappa shape index (κ1) is 16.4. The van der Waals surface area contributed by atoms with Gasteiger partial charge >= 0.3 is 0 Å². The molecule has 0 aliphatic carbocycles. The number of nitriles is 1. The SMILES string of the molecule is COC(C)(c1nc2ccc(C#N)cc2[nH]1)c1c(C)cc(C)c2[nH]ccc12. The molecule has 0 fully saturated rings. The number of aromatic amines is 2. The van der Waals surface area contributed by atoms with Gasteiger partial charge in [0.05, 0.1) is 22.7 Å². The fourth-order valence-electron chi connectivity index (χ4n) is 3.84. The van der Waals surface area contributed by atoms with Gasteiger partial charge < -0.3 is 14.7 Å². The van der Waals surface area contributed by atoms with Gasteiger partial charge in [-0.05, 0) is 56.2 Å². The fraction of sp³-hybridized carbons (Fsp3) is 0.238. The third-order valence-electron chi connectivity index (χ3n) is 5.19. The van der Waals surface area contributed by atoms with Crippen LogP contribution in [0.1, 0.15) is 35.0 Å². The largest absolute Gasteiger partial charge is 0.366 e. The molecule has 0 saturated heterocycles. The molecule has 2 N–H and O–H groups in total. The molecule has 0 bridgehead atoms. The number of imidazole rings is 1. The molecule has 0 spiro atoms. The van der Waals surface area contributed by atoms with Crippen molar-refractivity contribution in [2.24, 2.45) is 0 Å². The molecule has 4 aromatic rings. The van der Waals surface area contributed by atoms with Gasteiger partial charge in [0.25, 0.3) is 0 Å². The summed E-state index contributed by atoms with van der Waals surface area (Å²) < 4.78 is 6.02. The summed E-state index contributed by atoms with van der Waals surface area (Å²) in [5, 5.41) is 10.3. The van der Waals surface area contributed by atoms with Gasteiger partial charge in [0.1, 0.15) is 11.4 Å². The number of aromatic nitrogens is 3. The Bertz CT molecular complexity index is 1180. The molecular weight excluding hydrogens is 324 g/mol. The van der Waals surface area contributed by atoms with Crippen LogP contribution in [0, 0.1) is 25.2 Å². The Hall–Kier alpha value is -3.10. The number of H-pyrrole nitrogens is 2. The number of ether oxygens (including phenoxy) is 1. The number of aryl methyl sites for hydroxylation is 2. The number of benzene rings is 2. The van der Waals surface area contributed by atoms with E-state index in [4.69, 9.17) is 15.0 Å². The Morgan fingerprint density at radius 3 is 2.69 bits per heavy atom. The molecule has 26 heavy (non-hydrogen) atoms. The first-order valence-corrected chi connectivity index (χ1v) is 8.51. The maximum absolute atomic E-state index is 9.13. The van der Waals surface area contributed by atoms with E-state index in [9.17, 15) is 0 Å². The maximum atomic E-state index is 9.13. The summed E-state index contributed by atoms with van der Waals surface area (Å²) in [7, 11) is 1.70. The highest BCUT2D eigenvalue weighted by Gasteiger charge is 2.35. The predicted molar refractivity (Wildman–Crippen MR) is 102 cm³/mol. The van der Waals surface area contributed by atoms with Gasteiger partial charge in [-0.3, -0.25) is 0 Å². The summed E-state index contributed by atoms with van der Waals surface area (Å²) in [6.45, 7) is 6.23. The Morgan fingerprint density at radius 2 is 1.96 bits per heavy atom. The smallest absolute Gasteiger partial charge is 0.148 e. The highest BCUT2D eigenvalue weighted by molar-refractivity contribution is 5.88. The van der Waals surface area contributed by atoms with Crippen molar-refractivity contribution >= 4 is 21.9 Å². The summed E-state index contributed by atoms with van der Waals surface area (Å²) in [5.74, 6) is 0.722. The van der Waals surface area contributed by atoms with E-state index in [-0.39, 0.29) is 0 Å². The average Bonchev–Trinajstić information content (AvgIpc) is 3.27. The Labute approximate surface area is 151 Å². The number of nitrogens with zero attached hydrogens (tertiary/aromatic N) is 2. The second-order valence-corrected chi connectivity index (χ2v) is 6.82. The van der Waals surface area contributed by atoms with Crippen LogP contribution < -0.4 is 0 Å². The summed E-state index contributed by atoms with van der Waals surface area (Å²) >= 11 is 0. The summed E-state index contributed by atoms with van der Waals surface area (Å²) in [5.41, 5.74) is 6.05. The minimum Gasteiger partial charge on any atom is -0.366 e. The predicted octanol–water partition coefficient (Wildman–Crippen LogP) is 4.44. The topological polar surface area (TPSA) is 77.5 Å². The number of hydrogen-bond donors (Lipinski definition) is 2. The van der Waals surface area contributed by atoms with Crippen molar-refractivity contribution < 1.29 is 4.74 Å². The lowest BCUT2D eigenvalue weighted by atomic mass is 9.87. The van der Waals surface area contributed by atoms with Crippen molar-refractivity contribution in [3.63, 3.8) is 0 Å². The van der Waals surface area contributed by atoms with Gasteiger partial charge in [0, 0.05) is 29.8 Å². The van der Waals surface area contributed by atoms with Crippen molar-refractivity contribution in [2.45, 2.75) is 26.4 Å². The van der Waals surface area contributed by atoms with E-state index in [1.54, 1.807) is 13.2 Å². The third-order valence-corrected chi connectivity index (χ3v) is 5.19. The molecule has 2 aromatic heterocycles. The van der Waals surface area contributed by atoms with Crippen molar-refractivity contribution in [1.29, 1.82) is 5.26 Å². The molecule has 5 nitrogen and oxygen atoms in total. The van der Waals surface area contributed by atoms with E-state index < -0.39 is 5.60 Å². The molecule has 2 heterocycles. The van der Waals surface area contributed by atoms with Crippen LogP contribution in [0.15, 0.2) is 36.5 Å². The highest BCUT2D eigenvalue weighted by atomic mass is 16.5. The van der Waals surface area contributed by atoms with Crippen LogP contribution in [0.25, 0.3) is 21.9 Å². The van der Waals surface area contributed by atoms with Crippen molar-refractivity contribution in [3.05, 3.63) is 64.6 Å². The van der Waals surface area contributed by atoms with E-state index in [2.05, 4.69) is 42.0 Å². The van der Waals surface area contributed by atoms with E-state index in [0.717, 1.165) is 38.9 Å². The van der Waals surface area contributed by atoms with Crippen LogP contribution in [-0.4, -0.2) is 22.1 Å². The fourth-order valence-corrected chi connectivity index (χ4v) is 3.84. The van der Waals surface area contributed by atoms with Gasteiger partial charge in [0.2, 0.25) is 0 Å². The van der Waals surface area contributed by atoms with Gasteiger partial charge in [-0.1, -0.05) is 6.07 Å². The van der Waals surface area contributed by atoms with Crippen molar-refractivity contribution in [1.82, 2.24) is 15.0 Å². The normalized spacial score (nSPS) is 13.8. The summed E-state index contributed by atoms with van der Waals surface area (Å²) in [4.78, 5) is 11.4. The van der Waals surface area contributed by atoms with Crippen LogP contribution in [0.4, 0.5) is 0 Å². The number of rotatable bonds is 3. The molecular formula is C21H20N4O. The number of hydrogen-bond acceptors (Lipinski definition) is 3. The molecule has 1 unspecified atom stereocenters. The molecule has 0 radical (unpaired) electrons. The average molecular weight is 344 g/mol. The van der Waals surface area contributed by atoms with E-state index >= 15 is 0 Å². The zero-order valence-corrected chi connectivity index (χ0v) is 15.3. The molecule has 2 aromatic carbocycles. The minimum atomic E-state index is -0.746. The first-order chi connectivity index (χ1) is 12.5. The number of methoxy groups -OCH3 is 1. The molecule has 0 aliphatic rings. The van der Waals surface area contributed by atoms with Crippen molar-refractivity contribution in [3.8, 4) is 6.07 Å². The van der Waals surface area contributed by atoms with Crippen LogP contribution in [0.3, 0.4) is 0 Å². The Balaban J connectivity index is 1.99. The molecule has 130 valence electrons. The molecule has 0 saturated carbocycles. The first-order valence-electron chi connectivity index (χ1n) is 8.51. The Kier molecular flexibility index (Phi) is 3.60. The van der Waals surface area contributed by atoms with Gasteiger partial charge in [-0.15, -0.1) is 0 Å². The second kappa shape index (κ2) is 5.72. The van der Waals surface area contributed by atoms with E-state index in [0.29, 0.717) is 5.56 Å². The maximum Gasteiger partial charge on any atom is 0.148 e. The Morgan fingerprint density at radius 1 is 1.15 bits per heavy atom. The monoisotopic (exact) mass is 344 g/mol. The lowest BCUT2D eigenvalue weighted by molar-refractivity contribution is 0.0331. The zero-order chi connectivity index (χ0) is 18.5. The molecule has 1 atom stereocenters.